The van der Waals surface area contributed by atoms with E-state index in [2.05, 4.69) is 4.98 Å². The van der Waals surface area contributed by atoms with Crippen molar-refractivity contribution in [3.05, 3.63) is 70.0 Å². The summed E-state index contributed by atoms with van der Waals surface area (Å²) in [6.45, 7) is 2.03. The molecule has 0 N–H and O–H groups in total. The summed E-state index contributed by atoms with van der Waals surface area (Å²) in [6.07, 6.45) is 1.75. The first-order valence-corrected chi connectivity index (χ1v) is 5.34. The summed E-state index contributed by atoms with van der Waals surface area (Å²) >= 11 is 0. The molecule has 1 aromatic carbocycles. The smallest absolute Gasteiger partial charge is 0.261 e. The molecule has 0 amide bonds. The molecule has 4 heteroatoms. The van der Waals surface area contributed by atoms with Crippen LogP contribution < -0.4 is 0 Å². The van der Waals surface area contributed by atoms with Gasteiger partial charge in [0.15, 0.2) is 0 Å². The molecule has 0 aliphatic carbocycles. The molecule has 2 rings (SSSR count). The average Bonchev–Trinajstić information content (AvgIpc) is 2.39. The number of pyridine rings is 1. The number of nitrogens with zero attached hydrogens (tertiary/aromatic N) is 2. The van der Waals surface area contributed by atoms with Gasteiger partial charge in [-0.3, -0.25) is 15.1 Å². The molecule has 0 aliphatic heterocycles. The Balaban J connectivity index is 2.26. The van der Waals surface area contributed by atoms with E-state index in [-0.39, 0.29) is 11.6 Å². The molecule has 1 atom stereocenters. The Morgan fingerprint density at radius 3 is 2.41 bits per heavy atom. The molecule has 17 heavy (non-hydrogen) atoms. The van der Waals surface area contributed by atoms with E-state index in [4.69, 9.17) is 0 Å². The molecule has 0 radical (unpaired) electrons. The van der Waals surface area contributed by atoms with Gasteiger partial charge in [0.2, 0.25) is 0 Å². The number of hydrogen-bond donors (Lipinski definition) is 0. The summed E-state index contributed by atoms with van der Waals surface area (Å²) in [5, 5.41) is 10.5. The van der Waals surface area contributed by atoms with Gasteiger partial charge in [-0.15, -0.1) is 0 Å². The average molecular weight is 228 g/mol. The van der Waals surface area contributed by atoms with Crippen LogP contribution in [0.15, 0.2) is 48.7 Å². The minimum atomic E-state index is -0.394. The largest absolute Gasteiger partial charge is 0.269 e. The Morgan fingerprint density at radius 1 is 1.18 bits per heavy atom. The summed E-state index contributed by atoms with van der Waals surface area (Å²) in [6, 6.07) is 12.3. The van der Waals surface area contributed by atoms with Crippen molar-refractivity contribution in [2.24, 2.45) is 0 Å². The summed E-state index contributed by atoms with van der Waals surface area (Å²) in [7, 11) is 0. The zero-order valence-corrected chi connectivity index (χ0v) is 9.41. The minimum absolute atomic E-state index is 0.113. The van der Waals surface area contributed by atoms with Gasteiger partial charge >= 0.3 is 0 Å². The van der Waals surface area contributed by atoms with Crippen molar-refractivity contribution in [2.75, 3.05) is 0 Å². The van der Waals surface area contributed by atoms with Gasteiger partial charge in [-0.05, 0) is 17.7 Å². The second kappa shape index (κ2) is 4.74. The Kier molecular flexibility index (Phi) is 3.14. The molecular weight excluding hydrogens is 216 g/mol. The van der Waals surface area contributed by atoms with Crippen molar-refractivity contribution in [1.82, 2.24) is 4.98 Å². The monoisotopic (exact) mass is 228 g/mol. The number of non-ortho nitro benzene ring substituents is 1. The number of benzene rings is 1. The van der Waals surface area contributed by atoms with Crippen LogP contribution in [-0.4, -0.2) is 9.91 Å². The molecule has 0 spiro atoms. The fourth-order valence-electron chi connectivity index (χ4n) is 1.69. The first kappa shape index (κ1) is 11.3. The van der Waals surface area contributed by atoms with Crippen molar-refractivity contribution in [3.8, 4) is 0 Å². The highest BCUT2D eigenvalue weighted by atomic mass is 16.6. The van der Waals surface area contributed by atoms with E-state index in [9.17, 15) is 10.1 Å². The molecule has 4 nitrogen and oxygen atoms in total. The van der Waals surface area contributed by atoms with E-state index in [1.165, 1.54) is 12.1 Å². The summed E-state index contributed by atoms with van der Waals surface area (Å²) in [5.41, 5.74) is 2.10. The second-order valence-corrected chi connectivity index (χ2v) is 3.82. The van der Waals surface area contributed by atoms with Gasteiger partial charge < -0.3 is 0 Å². The quantitative estimate of drug-likeness (QED) is 0.599. The molecule has 0 bridgehead atoms. The van der Waals surface area contributed by atoms with Crippen LogP contribution in [0.1, 0.15) is 24.1 Å². The SMILES string of the molecule is CC(c1ccc([N+](=O)[O-])cc1)c1ccccn1. The number of nitro benzene ring substituents is 1. The summed E-state index contributed by atoms with van der Waals surface area (Å²) in [5.74, 6) is 0.136. The third kappa shape index (κ3) is 2.47. The second-order valence-electron chi connectivity index (χ2n) is 3.82. The molecule has 86 valence electrons. The molecular formula is C13H12N2O2. The molecule has 1 heterocycles. The first-order valence-electron chi connectivity index (χ1n) is 5.34. The highest BCUT2D eigenvalue weighted by Gasteiger charge is 2.11. The van der Waals surface area contributed by atoms with Crippen LogP contribution in [0.3, 0.4) is 0 Å². The molecule has 1 unspecified atom stereocenters. The Bertz CT molecular complexity index is 509. The fraction of sp³-hybridized carbons (Fsp3) is 0.154. The molecule has 1 aromatic heterocycles. The Hall–Kier alpha value is -2.23. The van der Waals surface area contributed by atoms with Crippen molar-refractivity contribution >= 4 is 5.69 Å². The molecule has 0 saturated carbocycles. The van der Waals surface area contributed by atoms with Crippen LogP contribution >= 0.6 is 0 Å². The van der Waals surface area contributed by atoms with Crippen molar-refractivity contribution in [3.63, 3.8) is 0 Å². The standard InChI is InChI=1S/C13H12N2O2/c1-10(13-4-2-3-9-14-13)11-5-7-12(8-6-11)15(16)17/h2-10H,1H3. The summed E-state index contributed by atoms with van der Waals surface area (Å²) < 4.78 is 0. The van der Waals surface area contributed by atoms with E-state index in [0.717, 1.165) is 11.3 Å². The number of nitro groups is 1. The van der Waals surface area contributed by atoms with Gasteiger partial charge in [0.1, 0.15) is 0 Å². The van der Waals surface area contributed by atoms with Gasteiger partial charge in [-0.25, -0.2) is 0 Å². The predicted molar refractivity (Wildman–Crippen MR) is 64.9 cm³/mol. The Morgan fingerprint density at radius 2 is 1.88 bits per heavy atom. The van der Waals surface area contributed by atoms with Gasteiger partial charge in [-0.2, -0.15) is 0 Å². The lowest BCUT2D eigenvalue weighted by Crippen LogP contribution is -1.98. The van der Waals surface area contributed by atoms with Crippen LogP contribution in [0, 0.1) is 10.1 Å². The summed E-state index contributed by atoms with van der Waals surface area (Å²) in [4.78, 5) is 14.4. The van der Waals surface area contributed by atoms with Crippen molar-refractivity contribution < 1.29 is 4.92 Å². The van der Waals surface area contributed by atoms with Crippen LogP contribution in [0.4, 0.5) is 5.69 Å². The highest BCUT2D eigenvalue weighted by molar-refractivity contribution is 5.36. The zero-order chi connectivity index (χ0) is 12.3. The third-order valence-corrected chi connectivity index (χ3v) is 2.74. The predicted octanol–water partition coefficient (Wildman–Crippen LogP) is 3.14. The van der Waals surface area contributed by atoms with Crippen LogP contribution in [-0.2, 0) is 0 Å². The van der Waals surface area contributed by atoms with E-state index >= 15 is 0 Å². The van der Waals surface area contributed by atoms with Crippen LogP contribution in [0.2, 0.25) is 0 Å². The lowest BCUT2D eigenvalue weighted by Gasteiger charge is -2.10. The maximum absolute atomic E-state index is 10.5. The van der Waals surface area contributed by atoms with Gasteiger partial charge in [0.05, 0.1) is 4.92 Å². The van der Waals surface area contributed by atoms with Crippen molar-refractivity contribution in [2.45, 2.75) is 12.8 Å². The first-order chi connectivity index (χ1) is 8.18. The van der Waals surface area contributed by atoms with E-state index < -0.39 is 4.92 Å². The van der Waals surface area contributed by atoms with Gasteiger partial charge in [-0.1, -0.05) is 25.1 Å². The maximum Gasteiger partial charge on any atom is 0.269 e. The van der Waals surface area contributed by atoms with E-state index in [0.29, 0.717) is 0 Å². The zero-order valence-electron chi connectivity index (χ0n) is 9.41. The molecule has 0 fully saturated rings. The number of rotatable bonds is 3. The number of hydrogen-bond acceptors (Lipinski definition) is 3. The van der Waals surface area contributed by atoms with Crippen molar-refractivity contribution in [1.29, 1.82) is 0 Å². The minimum Gasteiger partial charge on any atom is -0.261 e. The van der Waals surface area contributed by atoms with Gasteiger partial charge in [0.25, 0.3) is 5.69 Å². The molecule has 0 aliphatic rings. The lowest BCUT2D eigenvalue weighted by atomic mass is 9.97. The lowest BCUT2D eigenvalue weighted by molar-refractivity contribution is -0.384. The topological polar surface area (TPSA) is 56.0 Å². The van der Waals surface area contributed by atoms with Crippen LogP contribution in [0.5, 0.6) is 0 Å². The van der Waals surface area contributed by atoms with Gasteiger partial charge in [0, 0.05) is 29.9 Å². The van der Waals surface area contributed by atoms with E-state index in [1.807, 2.05) is 25.1 Å². The maximum atomic E-state index is 10.5. The number of aromatic nitrogens is 1. The molecule has 0 saturated heterocycles. The normalized spacial score (nSPS) is 12.1. The van der Waals surface area contributed by atoms with E-state index in [1.54, 1.807) is 18.3 Å². The van der Waals surface area contributed by atoms with Crippen LogP contribution in [0.25, 0.3) is 0 Å². The Labute approximate surface area is 99.1 Å². The third-order valence-electron chi connectivity index (χ3n) is 2.74. The highest BCUT2D eigenvalue weighted by Crippen LogP contribution is 2.23. The fourth-order valence-corrected chi connectivity index (χ4v) is 1.69. The molecule has 2 aromatic rings.